The number of ether oxygens (including phenoxy) is 3. The summed E-state index contributed by atoms with van der Waals surface area (Å²) in [7, 11) is -2.50. The number of rotatable bonds is 12. The summed E-state index contributed by atoms with van der Waals surface area (Å²) in [6.45, 7) is 7.59. The molecule has 0 N–H and O–H groups in total. The van der Waals surface area contributed by atoms with Gasteiger partial charge in [0, 0.05) is 18.2 Å². The molecule has 3 aliphatic rings. The van der Waals surface area contributed by atoms with Crippen LogP contribution in [0.25, 0.3) is 0 Å². The SMILES string of the molecule is CC(C)(C)[Si](OC[C@H]1O[C@H]1C[C@@H]1O[C@@H]1C[C@@H]1O[C@@H]1CCCBr)(c1ccccc1)c1ccccc1. The van der Waals surface area contributed by atoms with Gasteiger partial charge in [-0.1, -0.05) is 97.4 Å². The van der Waals surface area contributed by atoms with E-state index in [-0.39, 0.29) is 17.2 Å². The van der Waals surface area contributed by atoms with Crippen LogP contribution in [0.5, 0.6) is 0 Å². The highest BCUT2D eigenvalue weighted by Crippen LogP contribution is 2.42. The average molecular weight is 546 g/mol. The Balaban J connectivity index is 1.18. The third-order valence-corrected chi connectivity index (χ3v) is 13.1. The standard InChI is InChI=1S/C28H37BrO4Si/c1-28(2,3)34(20-11-6-4-7-12-20,21-13-8-5-9-14-21)30-19-27-26(33-27)18-25-24(32-25)17-23-22(31-23)15-10-16-29/h4-9,11-14,22-27H,10,15-19H2,1-3H3/t22-,23+,24-,25+,26+,27-/m1/s1. The molecule has 184 valence electrons. The maximum absolute atomic E-state index is 7.02. The summed E-state index contributed by atoms with van der Waals surface area (Å²) in [6.07, 6.45) is 6.28. The molecule has 0 radical (unpaired) electrons. The second-order valence-corrected chi connectivity index (χ2v) is 16.0. The predicted molar refractivity (Wildman–Crippen MR) is 142 cm³/mol. The Bertz CT molecular complexity index is 895. The van der Waals surface area contributed by atoms with Crippen molar-refractivity contribution in [3.8, 4) is 0 Å². The number of hydrogen-bond donors (Lipinski definition) is 0. The maximum atomic E-state index is 7.02. The highest BCUT2D eigenvalue weighted by Gasteiger charge is 2.54. The highest BCUT2D eigenvalue weighted by atomic mass is 79.9. The van der Waals surface area contributed by atoms with Crippen molar-refractivity contribution in [1.82, 2.24) is 0 Å². The summed E-state index contributed by atoms with van der Waals surface area (Å²) >= 11 is 3.50. The lowest BCUT2D eigenvalue weighted by Gasteiger charge is -2.43. The van der Waals surface area contributed by atoms with Gasteiger partial charge in [-0.15, -0.1) is 0 Å². The van der Waals surface area contributed by atoms with Gasteiger partial charge in [0.15, 0.2) is 0 Å². The molecule has 0 bridgehead atoms. The first-order chi connectivity index (χ1) is 16.4. The average Bonchev–Trinajstić information content (AvgIpc) is 3.76. The first-order valence-electron chi connectivity index (χ1n) is 12.7. The molecule has 2 aromatic carbocycles. The topological polar surface area (TPSA) is 46.8 Å². The van der Waals surface area contributed by atoms with E-state index >= 15 is 0 Å². The van der Waals surface area contributed by atoms with Crippen molar-refractivity contribution in [3.05, 3.63) is 60.7 Å². The molecule has 3 aliphatic heterocycles. The van der Waals surface area contributed by atoms with Crippen LogP contribution in [0.2, 0.25) is 5.04 Å². The molecule has 0 aromatic heterocycles. The van der Waals surface area contributed by atoms with Crippen molar-refractivity contribution in [2.45, 2.75) is 88.1 Å². The number of benzene rings is 2. The Morgan fingerprint density at radius 1 is 0.735 bits per heavy atom. The minimum Gasteiger partial charge on any atom is -0.405 e. The van der Waals surface area contributed by atoms with Crippen LogP contribution in [0.3, 0.4) is 0 Å². The van der Waals surface area contributed by atoms with Crippen molar-refractivity contribution in [2.75, 3.05) is 11.9 Å². The van der Waals surface area contributed by atoms with Crippen molar-refractivity contribution in [1.29, 1.82) is 0 Å². The van der Waals surface area contributed by atoms with Gasteiger partial charge in [0.25, 0.3) is 8.32 Å². The Morgan fingerprint density at radius 2 is 1.21 bits per heavy atom. The lowest BCUT2D eigenvalue weighted by molar-refractivity contribution is 0.246. The Labute approximate surface area is 213 Å². The summed E-state index contributed by atoms with van der Waals surface area (Å²) in [6, 6.07) is 21.6. The van der Waals surface area contributed by atoms with Crippen LogP contribution in [0.4, 0.5) is 0 Å². The third kappa shape index (κ3) is 5.37. The second-order valence-electron chi connectivity index (χ2n) is 10.9. The van der Waals surface area contributed by atoms with Gasteiger partial charge in [-0.05, 0) is 28.3 Å². The van der Waals surface area contributed by atoms with E-state index in [1.165, 1.54) is 16.8 Å². The monoisotopic (exact) mass is 544 g/mol. The zero-order valence-electron chi connectivity index (χ0n) is 20.5. The van der Waals surface area contributed by atoms with E-state index < -0.39 is 8.32 Å². The van der Waals surface area contributed by atoms with Gasteiger partial charge in [-0.3, -0.25) is 0 Å². The van der Waals surface area contributed by atoms with Gasteiger partial charge >= 0.3 is 0 Å². The molecule has 0 saturated carbocycles. The van der Waals surface area contributed by atoms with Gasteiger partial charge in [-0.2, -0.15) is 0 Å². The molecule has 4 nitrogen and oxygen atoms in total. The Morgan fingerprint density at radius 3 is 1.74 bits per heavy atom. The lowest BCUT2D eigenvalue weighted by atomic mass is 10.1. The predicted octanol–water partition coefficient (Wildman–Crippen LogP) is 4.82. The largest absolute Gasteiger partial charge is 0.405 e. The molecule has 6 heteroatoms. The molecule has 3 heterocycles. The van der Waals surface area contributed by atoms with E-state index in [1.807, 2.05) is 0 Å². The summed E-state index contributed by atoms with van der Waals surface area (Å²) in [5.41, 5.74) is 0. The van der Waals surface area contributed by atoms with Crippen LogP contribution in [-0.2, 0) is 18.6 Å². The van der Waals surface area contributed by atoms with E-state index in [1.54, 1.807) is 0 Å². The highest BCUT2D eigenvalue weighted by molar-refractivity contribution is 9.09. The zero-order valence-corrected chi connectivity index (χ0v) is 23.1. The molecular formula is C28H37BrO4Si. The van der Waals surface area contributed by atoms with E-state index in [2.05, 4.69) is 97.4 Å². The fourth-order valence-electron chi connectivity index (χ4n) is 5.47. The fraction of sp³-hybridized carbons (Fsp3) is 0.571. The molecule has 6 atom stereocenters. The van der Waals surface area contributed by atoms with Crippen LogP contribution in [0, 0.1) is 0 Å². The van der Waals surface area contributed by atoms with Crippen molar-refractivity contribution >= 4 is 34.6 Å². The van der Waals surface area contributed by atoms with Crippen LogP contribution in [0.15, 0.2) is 60.7 Å². The van der Waals surface area contributed by atoms with Gasteiger partial charge in [0.05, 0.1) is 37.1 Å². The van der Waals surface area contributed by atoms with Crippen molar-refractivity contribution < 1.29 is 18.6 Å². The molecule has 0 aliphatic carbocycles. The molecule has 3 saturated heterocycles. The summed E-state index contributed by atoms with van der Waals surface area (Å²) in [4.78, 5) is 0. The Hall–Kier alpha value is -1.02. The molecular weight excluding hydrogens is 508 g/mol. The zero-order chi connectivity index (χ0) is 23.8. The minimum absolute atomic E-state index is 0.0135. The molecule has 5 rings (SSSR count). The normalized spacial score (nSPS) is 30.2. The molecule has 0 amide bonds. The molecule has 2 aromatic rings. The van der Waals surface area contributed by atoms with E-state index in [0.29, 0.717) is 31.0 Å². The van der Waals surface area contributed by atoms with Crippen LogP contribution < -0.4 is 10.4 Å². The second kappa shape index (κ2) is 10.2. The first kappa shape index (κ1) is 24.7. The smallest absolute Gasteiger partial charge is 0.261 e. The van der Waals surface area contributed by atoms with E-state index in [9.17, 15) is 0 Å². The minimum atomic E-state index is -2.50. The Kier molecular flexibility index (Phi) is 7.36. The molecule has 0 unspecified atom stereocenters. The van der Waals surface area contributed by atoms with Gasteiger partial charge < -0.3 is 18.6 Å². The first-order valence-corrected chi connectivity index (χ1v) is 15.7. The molecule has 34 heavy (non-hydrogen) atoms. The van der Waals surface area contributed by atoms with Crippen LogP contribution in [0.1, 0.15) is 46.5 Å². The number of epoxide rings is 3. The quantitative estimate of drug-likeness (QED) is 0.218. The van der Waals surface area contributed by atoms with Crippen molar-refractivity contribution in [3.63, 3.8) is 0 Å². The van der Waals surface area contributed by atoms with Gasteiger partial charge in [-0.25, -0.2) is 0 Å². The summed E-state index contributed by atoms with van der Waals surface area (Å²) < 4.78 is 24.9. The number of halogens is 1. The van der Waals surface area contributed by atoms with Crippen LogP contribution in [-0.4, -0.2) is 56.9 Å². The summed E-state index contributed by atoms with van der Waals surface area (Å²) in [5, 5.41) is 3.67. The molecule has 0 spiro atoms. The maximum Gasteiger partial charge on any atom is 0.261 e. The summed E-state index contributed by atoms with van der Waals surface area (Å²) in [5.74, 6) is 0. The van der Waals surface area contributed by atoms with Gasteiger partial charge in [0.2, 0.25) is 0 Å². The van der Waals surface area contributed by atoms with Gasteiger partial charge in [0.1, 0.15) is 6.10 Å². The van der Waals surface area contributed by atoms with Crippen molar-refractivity contribution in [2.24, 2.45) is 0 Å². The van der Waals surface area contributed by atoms with E-state index in [0.717, 1.165) is 24.6 Å². The number of hydrogen-bond acceptors (Lipinski definition) is 4. The number of alkyl halides is 1. The van der Waals surface area contributed by atoms with Crippen LogP contribution >= 0.6 is 15.9 Å². The third-order valence-electron chi connectivity index (χ3n) is 7.50. The lowest BCUT2D eigenvalue weighted by Crippen LogP contribution is -2.66. The molecule has 3 fully saturated rings. The van der Waals surface area contributed by atoms with E-state index in [4.69, 9.17) is 18.6 Å². The fourth-order valence-corrected chi connectivity index (χ4v) is 10.4.